The summed E-state index contributed by atoms with van der Waals surface area (Å²) in [7, 11) is 0. The second kappa shape index (κ2) is 7.28. The third-order valence-corrected chi connectivity index (χ3v) is 3.69. The first-order valence-corrected chi connectivity index (χ1v) is 7.19. The van der Waals surface area contributed by atoms with Crippen LogP contribution in [0, 0.1) is 6.92 Å². The molecule has 0 saturated carbocycles. The van der Waals surface area contributed by atoms with Gasteiger partial charge in [0.15, 0.2) is 5.84 Å². The molecule has 0 radical (unpaired) electrons. The van der Waals surface area contributed by atoms with Gasteiger partial charge < -0.3 is 20.4 Å². The van der Waals surface area contributed by atoms with Gasteiger partial charge in [-0.05, 0) is 25.1 Å². The van der Waals surface area contributed by atoms with Crippen LogP contribution in [-0.4, -0.2) is 54.9 Å². The Morgan fingerprint density at radius 1 is 1.57 bits per heavy atom. The van der Waals surface area contributed by atoms with Gasteiger partial charge >= 0.3 is 0 Å². The van der Waals surface area contributed by atoms with Crippen molar-refractivity contribution in [2.45, 2.75) is 20.0 Å². The van der Waals surface area contributed by atoms with Gasteiger partial charge in [-0.25, -0.2) is 0 Å². The Hall–Kier alpha value is -1.79. The van der Waals surface area contributed by atoms with Crippen molar-refractivity contribution in [1.29, 1.82) is 0 Å². The monoisotopic (exact) mass is 293 g/mol. The minimum absolute atomic E-state index is 0.0746. The number of hydrogen-bond donors (Lipinski definition) is 2. The van der Waals surface area contributed by atoms with Crippen molar-refractivity contribution in [2.24, 2.45) is 10.9 Å². The summed E-state index contributed by atoms with van der Waals surface area (Å²) in [4.78, 5) is 2.34. The molecular formula is C15H23N3O3. The van der Waals surface area contributed by atoms with Gasteiger partial charge in [-0.3, -0.25) is 4.90 Å². The standard InChI is InChI=1S/C15H23N3O3/c1-3-18-6-7-20-13(9-18)10-21-14-8-12(15(16)17-19)5-4-11(14)2/h4-5,8,13,19H,3,6-7,9-10H2,1-2H3,(H2,16,17). The summed E-state index contributed by atoms with van der Waals surface area (Å²) in [6.45, 7) is 8.24. The maximum absolute atomic E-state index is 8.74. The minimum Gasteiger partial charge on any atom is -0.491 e. The van der Waals surface area contributed by atoms with Crippen LogP contribution in [0.4, 0.5) is 0 Å². The SMILES string of the molecule is CCN1CCOC(COc2cc(/C(N)=N/O)ccc2C)C1. The molecule has 1 fully saturated rings. The molecule has 0 bridgehead atoms. The fraction of sp³-hybridized carbons (Fsp3) is 0.533. The molecule has 0 aromatic heterocycles. The van der Waals surface area contributed by atoms with Crippen LogP contribution >= 0.6 is 0 Å². The van der Waals surface area contributed by atoms with Crippen molar-refractivity contribution in [3.63, 3.8) is 0 Å². The van der Waals surface area contributed by atoms with Crippen LogP contribution in [0.15, 0.2) is 23.4 Å². The Morgan fingerprint density at radius 2 is 2.38 bits per heavy atom. The summed E-state index contributed by atoms with van der Waals surface area (Å²) in [6, 6.07) is 5.47. The van der Waals surface area contributed by atoms with Crippen LogP contribution in [-0.2, 0) is 4.74 Å². The summed E-state index contributed by atoms with van der Waals surface area (Å²) < 4.78 is 11.6. The molecule has 0 amide bonds. The Kier molecular flexibility index (Phi) is 5.41. The highest BCUT2D eigenvalue weighted by Gasteiger charge is 2.20. The van der Waals surface area contributed by atoms with E-state index in [-0.39, 0.29) is 11.9 Å². The van der Waals surface area contributed by atoms with Crippen molar-refractivity contribution < 1.29 is 14.7 Å². The molecule has 1 atom stereocenters. The number of likely N-dealkylation sites (N-methyl/N-ethyl adjacent to an activating group) is 1. The van der Waals surface area contributed by atoms with E-state index >= 15 is 0 Å². The zero-order valence-electron chi connectivity index (χ0n) is 12.6. The van der Waals surface area contributed by atoms with Crippen molar-refractivity contribution in [1.82, 2.24) is 4.90 Å². The number of aryl methyl sites for hydroxylation is 1. The lowest BCUT2D eigenvalue weighted by Gasteiger charge is -2.32. The van der Waals surface area contributed by atoms with Gasteiger partial charge in [0, 0.05) is 18.7 Å². The first-order valence-electron chi connectivity index (χ1n) is 7.19. The predicted octanol–water partition coefficient (Wildman–Crippen LogP) is 1.19. The van der Waals surface area contributed by atoms with Crippen LogP contribution < -0.4 is 10.5 Å². The van der Waals surface area contributed by atoms with Crippen molar-refractivity contribution >= 4 is 5.84 Å². The minimum atomic E-state index is 0.0746. The summed E-state index contributed by atoms with van der Waals surface area (Å²) >= 11 is 0. The lowest BCUT2D eigenvalue weighted by Crippen LogP contribution is -2.44. The molecule has 1 saturated heterocycles. The number of ether oxygens (including phenoxy) is 2. The summed E-state index contributed by atoms with van der Waals surface area (Å²) in [5.41, 5.74) is 7.25. The van der Waals surface area contributed by atoms with Crippen LogP contribution in [0.5, 0.6) is 5.75 Å². The molecule has 116 valence electrons. The van der Waals surface area contributed by atoms with Gasteiger partial charge in [0.05, 0.1) is 6.61 Å². The van der Waals surface area contributed by atoms with Gasteiger partial charge in [0.2, 0.25) is 0 Å². The Labute approximate surface area is 125 Å². The van der Waals surface area contributed by atoms with Gasteiger partial charge in [-0.2, -0.15) is 0 Å². The average Bonchev–Trinajstić information content (AvgIpc) is 2.53. The first-order chi connectivity index (χ1) is 10.1. The van der Waals surface area contributed by atoms with Crippen LogP contribution in [0.25, 0.3) is 0 Å². The number of morpholine rings is 1. The van der Waals surface area contributed by atoms with E-state index < -0.39 is 0 Å². The van der Waals surface area contributed by atoms with Crippen LogP contribution in [0.2, 0.25) is 0 Å². The van der Waals surface area contributed by atoms with Crippen LogP contribution in [0.1, 0.15) is 18.1 Å². The molecule has 0 spiro atoms. The molecule has 1 aliphatic heterocycles. The fourth-order valence-electron chi connectivity index (χ4n) is 2.32. The lowest BCUT2D eigenvalue weighted by molar-refractivity contribution is -0.0464. The molecule has 1 aromatic rings. The maximum Gasteiger partial charge on any atom is 0.170 e. The Bertz CT molecular complexity index is 505. The molecule has 1 heterocycles. The van der Waals surface area contributed by atoms with Crippen molar-refractivity contribution in [2.75, 3.05) is 32.8 Å². The molecule has 1 aliphatic rings. The Balaban J connectivity index is 1.99. The number of oxime groups is 1. The van der Waals surface area contributed by atoms with Crippen molar-refractivity contribution in [3.8, 4) is 5.75 Å². The number of nitrogens with zero attached hydrogens (tertiary/aromatic N) is 2. The highest BCUT2D eigenvalue weighted by atomic mass is 16.5. The molecule has 0 aliphatic carbocycles. The third-order valence-electron chi connectivity index (χ3n) is 3.69. The summed E-state index contributed by atoms with van der Waals surface area (Å²) in [6.07, 6.45) is 0.0746. The van der Waals surface area contributed by atoms with E-state index in [9.17, 15) is 0 Å². The Morgan fingerprint density at radius 3 is 3.10 bits per heavy atom. The molecule has 1 aromatic carbocycles. The zero-order valence-corrected chi connectivity index (χ0v) is 12.6. The number of hydrogen-bond acceptors (Lipinski definition) is 5. The van der Waals surface area contributed by atoms with Gasteiger partial charge in [0.1, 0.15) is 18.5 Å². The first kappa shape index (κ1) is 15.6. The largest absolute Gasteiger partial charge is 0.491 e. The molecule has 3 N–H and O–H groups in total. The number of amidine groups is 1. The lowest BCUT2D eigenvalue weighted by atomic mass is 10.1. The molecule has 1 unspecified atom stereocenters. The van der Waals surface area contributed by atoms with Gasteiger partial charge in [-0.15, -0.1) is 0 Å². The molecule has 6 nitrogen and oxygen atoms in total. The smallest absolute Gasteiger partial charge is 0.170 e. The quantitative estimate of drug-likeness (QED) is 0.369. The number of rotatable bonds is 5. The number of benzene rings is 1. The average molecular weight is 293 g/mol. The summed E-state index contributed by atoms with van der Waals surface area (Å²) in [5.74, 6) is 0.808. The predicted molar refractivity (Wildman–Crippen MR) is 81.0 cm³/mol. The van der Waals surface area contributed by atoms with Crippen LogP contribution in [0.3, 0.4) is 0 Å². The number of nitrogens with two attached hydrogens (primary N) is 1. The van der Waals surface area contributed by atoms with Gasteiger partial charge in [0.25, 0.3) is 0 Å². The van der Waals surface area contributed by atoms with E-state index in [0.29, 0.717) is 12.2 Å². The van der Waals surface area contributed by atoms with E-state index in [2.05, 4.69) is 17.0 Å². The molecule has 6 heteroatoms. The second-order valence-electron chi connectivity index (χ2n) is 5.16. The molecular weight excluding hydrogens is 270 g/mol. The topological polar surface area (TPSA) is 80.3 Å². The normalized spacial score (nSPS) is 20.5. The van der Waals surface area contributed by atoms with Crippen molar-refractivity contribution in [3.05, 3.63) is 29.3 Å². The van der Waals surface area contributed by atoms with E-state index in [4.69, 9.17) is 20.4 Å². The van der Waals surface area contributed by atoms with E-state index in [1.54, 1.807) is 12.1 Å². The highest BCUT2D eigenvalue weighted by molar-refractivity contribution is 5.97. The van der Waals surface area contributed by atoms with E-state index in [1.807, 2.05) is 13.0 Å². The third kappa shape index (κ3) is 4.09. The zero-order chi connectivity index (χ0) is 15.2. The van der Waals surface area contributed by atoms with Gasteiger partial charge in [-0.1, -0.05) is 24.2 Å². The second-order valence-corrected chi connectivity index (χ2v) is 5.16. The van der Waals surface area contributed by atoms with E-state index in [0.717, 1.165) is 37.6 Å². The molecule has 2 rings (SSSR count). The fourth-order valence-corrected chi connectivity index (χ4v) is 2.32. The highest BCUT2D eigenvalue weighted by Crippen LogP contribution is 2.20. The summed E-state index contributed by atoms with van der Waals surface area (Å²) in [5, 5.41) is 11.7. The molecule has 21 heavy (non-hydrogen) atoms. The van der Waals surface area contributed by atoms with E-state index in [1.165, 1.54) is 0 Å². The maximum atomic E-state index is 8.74.